The molecule has 0 radical (unpaired) electrons. The lowest BCUT2D eigenvalue weighted by Crippen LogP contribution is -2.15. The Morgan fingerprint density at radius 3 is 2.65 bits per heavy atom. The third-order valence-corrected chi connectivity index (χ3v) is 4.06. The van der Waals surface area contributed by atoms with E-state index in [4.69, 9.17) is 4.74 Å². The van der Waals surface area contributed by atoms with Crippen molar-refractivity contribution in [1.82, 2.24) is 0 Å². The van der Waals surface area contributed by atoms with Crippen LogP contribution in [0.1, 0.15) is 29.6 Å². The summed E-state index contributed by atoms with van der Waals surface area (Å²) in [5, 5.41) is 0. The first-order chi connectivity index (χ1) is 8.20. The van der Waals surface area contributed by atoms with Crippen LogP contribution in [0.4, 0.5) is 4.39 Å². The summed E-state index contributed by atoms with van der Waals surface area (Å²) < 4.78 is 18.8. The molecule has 1 aromatic rings. The quantitative estimate of drug-likeness (QED) is 0.751. The summed E-state index contributed by atoms with van der Waals surface area (Å²) in [4.78, 5) is 12.2. The Labute approximate surface area is 99.8 Å². The minimum atomic E-state index is -0.513. The Hall–Kier alpha value is -1.38. The second-order valence-corrected chi connectivity index (χ2v) is 5.11. The van der Waals surface area contributed by atoms with Gasteiger partial charge in [-0.1, -0.05) is 6.07 Å². The van der Waals surface area contributed by atoms with Crippen LogP contribution >= 0.6 is 0 Å². The number of methoxy groups -OCH3 is 1. The number of carbonyl (C=O) groups is 1. The van der Waals surface area contributed by atoms with Gasteiger partial charge in [-0.3, -0.25) is 4.79 Å². The maximum atomic E-state index is 13.9. The van der Waals surface area contributed by atoms with E-state index in [0.717, 1.165) is 24.7 Å². The van der Waals surface area contributed by atoms with Crippen LogP contribution in [0, 0.1) is 23.6 Å². The van der Waals surface area contributed by atoms with Crippen molar-refractivity contribution in [3.05, 3.63) is 29.6 Å². The first kappa shape index (κ1) is 10.8. The summed E-state index contributed by atoms with van der Waals surface area (Å²) in [5.74, 6) is 1.09. The molecule has 3 rings (SSSR count). The summed E-state index contributed by atoms with van der Waals surface area (Å²) in [6.07, 6.45) is 3.16. The van der Waals surface area contributed by atoms with Crippen LogP contribution in [-0.2, 0) is 0 Å². The molecule has 2 fully saturated rings. The van der Waals surface area contributed by atoms with Crippen LogP contribution in [0.5, 0.6) is 5.75 Å². The lowest BCUT2D eigenvalue weighted by molar-refractivity contribution is 0.0909. The fourth-order valence-electron chi connectivity index (χ4n) is 3.01. The lowest BCUT2D eigenvalue weighted by Gasteiger charge is -2.12. The summed E-state index contributed by atoms with van der Waals surface area (Å²) >= 11 is 0. The van der Waals surface area contributed by atoms with E-state index in [1.807, 2.05) is 0 Å². The number of fused-ring (bicyclic) bond motifs is 1. The molecule has 3 heteroatoms. The predicted molar refractivity (Wildman–Crippen MR) is 61.6 cm³/mol. The molecule has 2 nitrogen and oxygen atoms in total. The maximum absolute atomic E-state index is 13.9. The summed E-state index contributed by atoms with van der Waals surface area (Å²) in [7, 11) is 1.41. The van der Waals surface area contributed by atoms with Crippen molar-refractivity contribution in [3.63, 3.8) is 0 Å². The average molecular weight is 234 g/mol. The summed E-state index contributed by atoms with van der Waals surface area (Å²) in [5.41, 5.74) is 0.190. The molecule has 0 spiro atoms. The van der Waals surface area contributed by atoms with Gasteiger partial charge in [0.1, 0.15) is 0 Å². The lowest BCUT2D eigenvalue weighted by atomic mass is 9.93. The van der Waals surface area contributed by atoms with Gasteiger partial charge in [0.15, 0.2) is 17.3 Å². The monoisotopic (exact) mass is 234 g/mol. The van der Waals surface area contributed by atoms with Gasteiger partial charge in [0, 0.05) is 5.92 Å². The number of benzene rings is 1. The molecule has 0 N–H and O–H groups in total. The van der Waals surface area contributed by atoms with Gasteiger partial charge in [-0.25, -0.2) is 4.39 Å². The van der Waals surface area contributed by atoms with Crippen molar-refractivity contribution in [1.29, 1.82) is 0 Å². The van der Waals surface area contributed by atoms with Crippen LogP contribution in [0.3, 0.4) is 0 Å². The molecule has 0 bridgehead atoms. The Kier molecular flexibility index (Phi) is 2.42. The van der Waals surface area contributed by atoms with Gasteiger partial charge in [-0.15, -0.1) is 0 Å². The SMILES string of the molecule is COc1cccc(C(=O)C2CC3CC3C2)c1F. The van der Waals surface area contributed by atoms with E-state index in [2.05, 4.69) is 0 Å². The van der Waals surface area contributed by atoms with Crippen molar-refractivity contribution < 1.29 is 13.9 Å². The van der Waals surface area contributed by atoms with E-state index in [1.54, 1.807) is 12.1 Å². The van der Waals surface area contributed by atoms with Gasteiger partial charge in [0.25, 0.3) is 0 Å². The van der Waals surface area contributed by atoms with E-state index < -0.39 is 5.82 Å². The van der Waals surface area contributed by atoms with Gasteiger partial charge in [-0.05, 0) is 43.2 Å². The third-order valence-electron chi connectivity index (χ3n) is 4.06. The number of halogens is 1. The Morgan fingerprint density at radius 1 is 1.29 bits per heavy atom. The van der Waals surface area contributed by atoms with Gasteiger partial charge in [-0.2, -0.15) is 0 Å². The molecule has 2 aliphatic carbocycles. The van der Waals surface area contributed by atoms with E-state index in [9.17, 15) is 9.18 Å². The molecular weight excluding hydrogens is 219 g/mol. The third kappa shape index (κ3) is 1.74. The Bertz CT molecular complexity index is 459. The number of ketones is 1. The molecule has 1 aromatic carbocycles. The molecule has 0 aliphatic heterocycles. The zero-order chi connectivity index (χ0) is 12.0. The summed E-state index contributed by atoms with van der Waals surface area (Å²) in [6, 6.07) is 4.77. The Balaban J connectivity index is 1.85. The maximum Gasteiger partial charge on any atom is 0.175 e. The van der Waals surface area contributed by atoms with Crippen LogP contribution in [-0.4, -0.2) is 12.9 Å². The van der Waals surface area contributed by atoms with Crippen molar-refractivity contribution in [2.24, 2.45) is 17.8 Å². The van der Waals surface area contributed by atoms with Gasteiger partial charge < -0.3 is 4.74 Å². The van der Waals surface area contributed by atoms with Crippen molar-refractivity contribution in [3.8, 4) is 5.75 Å². The second kappa shape index (κ2) is 3.83. The van der Waals surface area contributed by atoms with Crippen molar-refractivity contribution >= 4 is 5.78 Å². The molecule has 0 heterocycles. The highest BCUT2D eigenvalue weighted by Crippen LogP contribution is 2.55. The fraction of sp³-hybridized carbons (Fsp3) is 0.500. The van der Waals surface area contributed by atoms with Gasteiger partial charge in [0.2, 0.25) is 0 Å². The number of Topliss-reactive ketones (excluding diaryl/α,β-unsaturated/α-hetero) is 1. The van der Waals surface area contributed by atoms with E-state index in [0.29, 0.717) is 0 Å². The van der Waals surface area contributed by atoms with Gasteiger partial charge >= 0.3 is 0 Å². The van der Waals surface area contributed by atoms with Crippen LogP contribution in [0.2, 0.25) is 0 Å². The number of hydrogen-bond donors (Lipinski definition) is 0. The predicted octanol–water partition coefficient (Wildman–Crippen LogP) is 3.06. The van der Waals surface area contributed by atoms with Gasteiger partial charge in [0.05, 0.1) is 12.7 Å². The molecule has 17 heavy (non-hydrogen) atoms. The molecule has 0 saturated heterocycles. The Morgan fingerprint density at radius 2 is 2.00 bits per heavy atom. The molecular formula is C14H15FO2. The topological polar surface area (TPSA) is 26.3 Å². The van der Waals surface area contributed by atoms with E-state index >= 15 is 0 Å². The smallest absolute Gasteiger partial charge is 0.175 e. The molecule has 2 unspecified atom stereocenters. The normalized spacial score (nSPS) is 29.9. The summed E-state index contributed by atoms with van der Waals surface area (Å²) in [6.45, 7) is 0. The van der Waals surface area contributed by atoms with Crippen molar-refractivity contribution in [2.45, 2.75) is 19.3 Å². The molecule has 2 aliphatic rings. The minimum absolute atomic E-state index is 0.0281. The molecule has 90 valence electrons. The number of carbonyl (C=O) groups excluding carboxylic acids is 1. The highest BCUT2D eigenvalue weighted by atomic mass is 19.1. The first-order valence-electron chi connectivity index (χ1n) is 6.07. The van der Waals surface area contributed by atoms with Crippen molar-refractivity contribution in [2.75, 3.05) is 7.11 Å². The van der Waals surface area contributed by atoms with Crippen LogP contribution in [0.15, 0.2) is 18.2 Å². The molecule has 2 atom stereocenters. The van der Waals surface area contributed by atoms with Crippen LogP contribution in [0.25, 0.3) is 0 Å². The molecule has 0 aromatic heterocycles. The minimum Gasteiger partial charge on any atom is -0.494 e. The van der Waals surface area contributed by atoms with E-state index in [-0.39, 0.29) is 23.0 Å². The fourth-order valence-corrected chi connectivity index (χ4v) is 3.01. The number of hydrogen-bond acceptors (Lipinski definition) is 2. The average Bonchev–Trinajstić information content (AvgIpc) is 2.96. The highest BCUT2D eigenvalue weighted by molar-refractivity contribution is 5.98. The molecule has 0 amide bonds. The standard InChI is InChI=1S/C14H15FO2/c1-17-12-4-2-3-11(13(12)15)14(16)10-6-8-5-9(8)7-10/h2-4,8-10H,5-7H2,1H3. The first-order valence-corrected chi connectivity index (χ1v) is 6.07. The number of rotatable bonds is 3. The number of ether oxygens (including phenoxy) is 1. The second-order valence-electron chi connectivity index (χ2n) is 5.11. The highest BCUT2D eigenvalue weighted by Gasteiger charge is 2.48. The zero-order valence-electron chi connectivity index (χ0n) is 9.78. The zero-order valence-corrected chi connectivity index (χ0v) is 9.78. The molecule has 2 saturated carbocycles. The van der Waals surface area contributed by atoms with E-state index in [1.165, 1.54) is 19.6 Å². The largest absolute Gasteiger partial charge is 0.494 e. The van der Waals surface area contributed by atoms with Crippen LogP contribution < -0.4 is 4.74 Å².